The van der Waals surface area contributed by atoms with Crippen LogP contribution in [0.15, 0.2) is 24.3 Å². The molecule has 0 atom stereocenters. The average Bonchev–Trinajstić information content (AvgIpc) is 2.45. The Bertz CT molecular complexity index is 485. The van der Waals surface area contributed by atoms with Crippen molar-refractivity contribution in [2.75, 3.05) is 18.9 Å². The zero-order valence-electron chi connectivity index (χ0n) is 12.7. The van der Waals surface area contributed by atoms with E-state index >= 15 is 0 Å². The van der Waals surface area contributed by atoms with Gasteiger partial charge in [-0.1, -0.05) is 6.92 Å². The van der Waals surface area contributed by atoms with E-state index in [1.807, 2.05) is 7.05 Å². The molecule has 1 N–H and O–H groups in total. The largest absolute Gasteiger partial charge is 0.326 e. The molecule has 4 nitrogen and oxygen atoms in total. The second-order valence-corrected chi connectivity index (χ2v) is 5.57. The summed E-state index contributed by atoms with van der Waals surface area (Å²) in [5.41, 5.74) is 1.42. The molecule has 0 radical (unpaired) electrons. The van der Waals surface area contributed by atoms with Crippen molar-refractivity contribution >= 4 is 11.6 Å². The lowest BCUT2D eigenvalue weighted by molar-refractivity contribution is -0.116. The van der Waals surface area contributed by atoms with Gasteiger partial charge < -0.3 is 10.2 Å². The van der Waals surface area contributed by atoms with Crippen LogP contribution in [-0.2, 0) is 4.79 Å². The highest BCUT2D eigenvalue weighted by molar-refractivity contribution is 5.90. The summed E-state index contributed by atoms with van der Waals surface area (Å²) < 4.78 is 0. The van der Waals surface area contributed by atoms with Crippen LogP contribution >= 0.6 is 0 Å². The average molecular weight is 273 g/mol. The molecule has 108 valence electrons. The van der Waals surface area contributed by atoms with E-state index < -0.39 is 0 Å². The van der Waals surface area contributed by atoms with Crippen LogP contribution in [0.3, 0.4) is 0 Å². The Kier molecular flexibility index (Phi) is 5.72. The molecule has 4 heteroatoms. The summed E-state index contributed by atoms with van der Waals surface area (Å²) in [7, 11) is 2.04. The molecule has 0 saturated carbocycles. The van der Waals surface area contributed by atoms with Crippen molar-refractivity contribution in [1.82, 2.24) is 4.90 Å². The standard InChI is InChI=1S/C16H23N3O/c1-5-16(2,3)19(4)11-10-15(20)18-14-8-6-13(12-17)7-9-14/h6-9H,5,10-11H2,1-4H3,(H,18,20). The van der Waals surface area contributed by atoms with Crippen molar-refractivity contribution in [3.05, 3.63) is 29.8 Å². The molecule has 1 aromatic rings. The first kappa shape index (κ1) is 16.2. The maximum atomic E-state index is 11.9. The van der Waals surface area contributed by atoms with Crippen LogP contribution in [0.1, 0.15) is 39.2 Å². The zero-order valence-corrected chi connectivity index (χ0v) is 12.7. The number of benzene rings is 1. The van der Waals surface area contributed by atoms with Gasteiger partial charge in [0.15, 0.2) is 0 Å². The predicted octanol–water partition coefficient (Wildman–Crippen LogP) is 3.01. The van der Waals surface area contributed by atoms with Gasteiger partial charge in [0.05, 0.1) is 11.6 Å². The molecule has 0 fully saturated rings. The molecule has 0 aliphatic heterocycles. The van der Waals surface area contributed by atoms with Gasteiger partial charge in [-0.15, -0.1) is 0 Å². The highest BCUT2D eigenvalue weighted by Crippen LogP contribution is 2.16. The molecule has 1 rings (SSSR count). The minimum Gasteiger partial charge on any atom is -0.326 e. The van der Waals surface area contributed by atoms with Gasteiger partial charge in [-0.3, -0.25) is 4.79 Å². The summed E-state index contributed by atoms with van der Waals surface area (Å²) in [5.74, 6) is -0.00605. The Balaban J connectivity index is 2.46. The summed E-state index contributed by atoms with van der Waals surface area (Å²) in [6, 6.07) is 8.94. The van der Waals surface area contributed by atoms with Crippen molar-refractivity contribution in [3.63, 3.8) is 0 Å². The molecule has 0 aromatic heterocycles. The number of hydrogen-bond acceptors (Lipinski definition) is 3. The van der Waals surface area contributed by atoms with Crippen LogP contribution in [0.2, 0.25) is 0 Å². The highest BCUT2D eigenvalue weighted by atomic mass is 16.1. The number of nitrogens with zero attached hydrogens (tertiary/aromatic N) is 2. The molecule has 0 bridgehead atoms. The molecule has 20 heavy (non-hydrogen) atoms. The summed E-state index contributed by atoms with van der Waals surface area (Å²) in [6.45, 7) is 7.22. The van der Waals surface area contributed by atoms with Crippen molar-refractivity contribution in [2.24, 2.45) is 0 Å². The van der Waals surface area contributed by atoms with Crippen LogP contribution in [-0.4, -0.2) is 29.9 Å². The molecule has 1 aromatic carbocycles. The van der Waals surface area contributed by atoms with E-state index in [1.54, 1.807) is 24.3 Å². The van der Waals surface area contributed by atoms with E-state index in [1.165, 1.54) is 0 Å². The maximum absolute atomic E-state index is 11.9. The summed E-state index contributed by atoms with van der Waals surface area (Å²) >= 11 is 0. The first-order chi connectivity index (χ1) is 9.39. The van der Waals surface area contributed by atoms with Crippen molar-refractivity contribution < 1.29 is 4.79 Å². The molecule has 0 heterocycles. The monoisotopic (exact) mass is 273 g/mol. The first-order valence-corrected chi connectivity index (χ1v) is 6.90. The van der Waals surface area contributed by atoms with Crippen LogP contribution in [0.5, 0.6) is 0 Å². The van der Waals surface area contributed by atoms with Gasteiger partial charge in [-0.2, -0.15) is 5.26 Å². The fourth-order valence-electron chi connectivity index (χ4n) is 1.69. The van der Waals surface area contributed by atoms with Crippen LogP contribution < -0.4 is 5.32 Å². The lowest BCUT2D eigenvalue weighted by Gasteiger charge is -2.34. The Morgan fingerprint density at radius 1 is 1.35 bits per heavy atom. The Morgan fingerprint density at radius 3 is 2.45 bits per heavy atom. The molecule has 1 amide bonds. The molecule has 0 aliphatic rings. The first-order valence-electron chi connectivity index (χ1n) is 6.90. The minimum absolute atomic E-state index is 0.00605. The quantitative estimate of drug-likeness (QED) is 0.866. The summed E-state index contributed by atoms with van der Waals surface area (Å²) in [4.78, 5) is 14.1. The van der Waals surface area contributed by atoms with E-state index in [0.717, 1.165) is 18.7 Å². The van der Waals surface area contributed by atoms with Crippen molar-refractivity contribution in [1.29, 1.82) is 5.26 Å². The van der Waals surface area contributed by atoms with Crippen LogP contribution in [0.25, 0.3) is 0 Å². The van der Waals surface area contributed by atoms with Gasteiger partial charge >= 0.3 is 0 Å². The van der Waals surface area contributed by atoms with Crippen molar-refractivity contribution in [3.8, 4) is 6.07 Å². The van der Waals surface area contributed by atoms with Crippen LogP contribution in [0, 0.1) is 11.3 Å². The maximum Gasteiger partial charge on any atom is 0.225 e. The van der Waals surface area contributed by atoms with Gasteiger partial charge in [-0.05, 0) is 51.6 Å². The third-order valence-electron chi connectivity index (χ3n) is 3.87. The van der Waals surface area contributed by atoms with E-state index in [-0.39, 0.29) is 11.4 Å². The van der Waals surface area contributed by atoms with Gasteiger partial charge in [0.2, 0.25) is 5.91 Å². The van der Waals surface area contributed by atoms with Gasteiger partial charge in [0.25, 0.3) is 0 Å². The molecular weight excluding hydrogens is 250 g/mol. The second kappa shape index (κ2) is 7.06. The Morgan fingerprint density at radius 2 is 1.95 bits per heavy atom. The lowest BCUT2D eigenvalue weighted by atomic mass is 10.00. The van der Waals surface area contributed by atoms with Gasteiger partial charge in [0, 0.05) is 24.2 Å². The number of hydrogen-bond donors (Lipinski definition) is 1. The molecule has 0 aliphatic carbocycles. The number of nitriles is 1. The van der Waals surface area contributed by atoms with E-state index in [2.05, 4.69) is 37.1 Å². The third-order valence-corrected chi connectivity index (χ3v) is 3.87. The Hall–Kier alpha value is -1.86. The fourth-order valence-corrected chi connectivity index (χ4v) is 1.69. The SMILES string of the molecule is CCC(C)(C)N(C)CCC(=O)Nc1ccc(C#N)cc1. The lowest BCUT2D eigenvalue weighted by Crippen LogP contribution is -2.41. The van der Waals surface area contributed by atoms with E-state index in [4.69, 9.17) is 5.26 Å². The molecular formula is C16H23N3O. The predicted molar refractivity (Wildman–Crippen MR) is 81.4 cm³/mol. The van der Waals surface area contributed by atoms with E-state index in [9.17, 15) is 4.79 Å². The number of rotatable bonds is 6. The zero-order chi connectivity index (χ0) is 15.2. The number of amides is 1. The number of anilines is 1. The fraction of sp³-hybridized carbons (Fsp3) is 0.500. The number of carbonyl (C=O) groups excluding carboxylic acids is 1. The summed E-state index contributed by atoms with van der Waals surface area (Å²) in [5, 5.41) is 11.6. The number of carbonyl (C=O) groups is 1. The Labute approximate surface area is 121 Å². The third kappa shape index (κ3) is 4.67. The van der Waals surface area contributed by atoms with Crippen molar-refractivity contribution in [2.45, 2.75) is 39.2 Å². The molecule has 0 unspecified atom stereocenters. The topological polar surface area (TPSA) is 56.1 Å². The molecule has 0 saturated heterocycles. The van der Waals surface area contributed by atoms with Crippen LogP contribution in [0.4, 0.5) is 5.69 Å². The van der Waals surface area contributed by atoms with E-state index in [0.29, 0.717) is 12.0 Å². The minimum atomic E-state index is -0.00605. The van der Waals surface area contributed by atoms with Gasteiger partial charge in [-0.25, -0.2) is 0 Å². The molecule has 0 spiro atoms. The number of nitrogens with one attached hydrogen (secondary N) is 1. The summed E-state index contributed by atoms with van der Waals surface area (Å²) in [6.07, 6.45) is 1.50. The normalized spacial score (nSPS) is 11.2. The second-order valence-electron chi connectivity index (χ2n) is 5.57. The smallest absolute Gasteiger partial charge is 0.225 e. The highest BCUT2D eigenvalue weighted by Gasteiger charge is 2.21. The van der Waals surface area contributed by atoms with Gasteiger partial charge in [0.1, 0.15) is 0 Å².